The lowest BCUT2D eigenvalue weighted by Gasteiger charge is -2.32. The summed E-state index contributed by atoms with van der Waals surface area (Å²) in [5.74, 6) is 0.789. The van der Waals surface area contributed by atoms with Crippen molar-refractivity contribution < 1.29 is 0 Å². The van der Waals surface area contributed by atoms with Gasteiger partial charge in [0.05, 0.1) is 0 Å². The minimum absolute atomic E-state index is 0.553. The summed E-state index contributed by atoms with van der Waals surface area (Å²) in [6.45, 7) is 15.3. The normalized spacial score (nSPS) is 14.1. The third kappa shape index (κ3) is 4.80. The van der Waals surface area contributed by atoms with Crippen LogP contribution in [0.3, 0.4) is 0 Å². The summed E-state index contributed by atoms with van der Waals surface area (Å²) in [5, 5.41) is 0. The molecule has 0 amide bonds. The molecule has 1 nitrogen and oxygen atoms in total. The van der Waals surface area contributed by atoms with Gasteiger partial charge in [-0.05, 0) is 46.6 Å². The maximum atomic E-state index is 4.10. The molecule has 0 aromatic carbocycles. The number of nitrogens with zero attached hydrogens (tertiary/aromatic N) is 1. The van der Waals surface area contributed by atoms with Crippen LogP contribution in [-0.4, -0.2) is 24.0 Å². The second kappa shape index (κ2) is 6.23. The average Bonchev–Trinajstić information content (AvgIpc) is 2.02. The lowest BCUT2D eigenvalue weighted by Crippen LogP contribution is -2.37. The van der Waals surface area contributed by atoms with Gasteiger partial charge in [0.1, 0.15) is 0 Å². The van der Waals surface area contributed by atoms with Gasteiger partial charge in [-0.1, -0.05) is 26.0 Å². The Morgan fingerprint density at radius 3 is 1.93 bits per heavy atom. The summed E-state index contributed by atoms with van der Waals surface area (Å²) in [6.07, 6.45) is 2.52. The van der Waals surface area contributed by atoms with E-state index in [0.717, 1.165) is 5.92 Å². The van der Waals surface area contributed by atoms with E-state index >= 15 is 0 Å². The van der Waals surface area contributed by atoms with Crippen molar-refractivity contribution in [3.05, 3.63) is 12.2 Å². The Hall–Kier alpha value is -0.300. The fraction of sp³-hybridized carbons (Fsp3) is 0.846. The highest BCUT2D eigenvalue weighted by Gasteiger charge is 2.17. The van der Waals surface area contributed by atoms with E-state index in [-0.39, 0.29) is 0 Å². The highest BCUT2D eigenvalue weighted by molar-refractivity contribution is 5.02. The van der Waals surface area contributed by atoms with Crippen molar-refractivity contribution in [1.29, 1.82) is 0 Å². The van der Waals surface area contributed by atoms with Gasteiger partial charge in [0.2, 0.25) is 0 Å². The van der Waals surface area contributed by atoms with Gasteiger partial charge in [0.25, 0.3) is 0 Å². The zero-order chi connectivity index (χ0) is 11.3. The van der Waals surface area contributed by atoms with E-state index in [2.05, 4.69) is 53.1 Å². The van der Waals surface area contributed by atoms with E-state index in [1.165, 1.54) is 18.4 Å². The van der Waals surface area contributed by atoms with Crippen molar-refractivity contribution in [1.82, 2.24) is 4.90 Å². The van der Waals surface area contributed by atoms with Gasteiger partial charge in [0.15, 0.2) is 0 Å². The largest absolute Gasteiger partial charge is 0.297 e. The van der Waals surface area contributed by atoms with Crippen LogP contribution in [0.5, 0.6) is 0 Å². The van der Waals surface area contributed by atoms with Gasteiger partial charge in [-0.3, -0.25) is 4.90 Å². The molecule has 0 aliphatic rings. The van der Waals surface area contributed by atoms with E-state index in [4.69, 9.17) is 0 Å². The number of hydrogen-bond donors (Lipinski definition) is 0. The Labute approximate surface area is 90.2 Å². The molecule has 14 heavy (non-hydrogen) atoms. The van der Waals surface area contributed by atoms with Crippen LogP contribution in [0.2, 0.25) is 0 Å². The van der Waals surface area contributed by atoms with Gasteiger partial charge >= 0.3 is 0 Å². The summed E-state index contributed by atoms with van der Waals surface area (Å²) in [5.41, 5.74) is 1.29. The molecular weight excluding hydrogens is 170 g/mol. The third-order valence-electron chi connectivity index (χ3n) is 2.89. The van der Waals surface area contributed by atoms with Gasteiger partial charge in [-0.2, -0.15) is 0 Å². The van der Waals surface area contributed by atoms with Crippen LogP contribution in [0, 0.1) is 5.92 Å². The molecule has 0 aromatic heterocycles. The summed E-state index contributed by atoms with van der Waals surface area (Å²) in [4.78, 5) is 2.42. The van der Waals surface area contributed by atoms with Crippen LogP contribution in [0.1, 0.15) is 47.5 Å². The standard InChI is InChI=1S/C13H27N/c1-10(2)8-9-13(11(3)4)14(7)12(5)6/h10,12-13H,3,8-9H2,1-2,4-7H3. The molecule has 0 spiro atoms. The molecule has 0 aliphatic carbocycles. The summed E-state index contributed by atoms with van der Waals surface area (Å²) < 4.78 is 0. The quantitative estimate of drug-likeness (QED) is 0.587. The SMILES string of the molecule is C=C(C)C(CCC(C)C)N(C)C(C)C. The molecular formula is C13H27N. The fourth-order valence-corrected chi connectivity index (χ4v) is 1.65. The summed E-state index contributed by atoms with van der Waals surface area (Å²) >= 11 is 0. The zero-order valence-electron chi connectivity index (χ0n) is 10.8. The van der Waals surface area contributed by atoms with Crippen molar-refractivity contribution in [2.24, 2.45) is 5.92 Å². The maximum absolute atomic E-state index is 4.10. The minimum Gasteiger partial charge on any atom is -0.297 e. The second-order valence-corrected chi connectivity index (χ2v) is 5.09. The monoisotopic (exact) mass is 197 g/mol. The predicted molar refractivity (Wildman–Crippen MR) is 65.6 cm³/mol. The Balaban J connectivity index is 4.22. The Morgan fingerprint density at radius 2 is 1.64 bits per heavy atom. The fourth-order valence-electron chi connectivity index (χ4n) is 1.65. The molecule has 0 saturated carbocycles. The van der Waals surface area contributed by atoms with Crippen molar-refractivity contribution in [3.8, 4) is 0 Å². The molecule has 0 N–H and O–H groups in total. The van der Waals surface area contributed by atoms with Crippen LogP contribution < -0.4 is 0 Å². The maximum Gasteiger partial charge on any atom is 0.0301 e. The van der Waals surface area contributed by atoms with Crippen LogP contribution in [-0.2, 0) is 0 Å². The highest BCUT2D eigenvalue weighted by atomic mass is 15.1. The smallest absolute Gasteiger partial charge is 0.0301 e. The lowest BCUT2D eigenvalue weighted by molar-refractivity contribution is 0.204. The molecule has 0 heterocycles. The van der Waals surface area contributed by atoms with E-state index in [1.54, 1.807) is 0 Å². The van der Waals surface area contributed by atoms with Gasteiger partial charge in [0, 0.05) is 12.1 Å². The first kappa shape index (κ1) is 13.7. The number of likely N-dealkylation sites (N-methyl/N-ethyl adjacent to an activating group) is 1. The first-order valence-corrected chi connectivity index (χ1v) is 5.73. The summed E-state index contributed by atoms with van der Waals surface area (Å²) in [7, 11) is 2.20. The Bertz CT molecular complexity index is 170. The Morgan fingerprint density at radius 1 is 1.14 bits per heavy atom. The van der Waals surface area contributed by atoms with Crippen molar-refractivity contribution in [2.75, 3.05) is 7.05 Å². The van der Waals surface area contributed by atoms with E-state index in [1.807, 2.05) is 0 Å². The molecule has 84 valence electrons. The molecule has 1 heteroatoms. The van der Waals surface area contributed by atoms with Gasteiger partial charge in [-0.15, -0.1) is 0 Å². The topological polar surface area (TPSA) is 3.24 Å². The van der Waals surface area contributed by atoms with Crippen LogP contribution >= 0.6 is 0 Å². The first-order valence-electron chi connectivity index (χ1n) is 5.73. The Kier molecular flexibility index (Phi) is 6.10. The molecule has 0 rings (SSSR count). The highest BCUT2D eigenvalue weighted by Crippen LogP contribution is 2.18. The van der Waals surface area contributed by atoms with E-state index in [0.29, 0.717) is 12.1 Å². The number of hydrogen-bond acceptors (Lipinski definition) is 1. The lowest BCUT2D eigenvalue weighted by atomic mass is 9.97. The summed E-state index contributed by atoms with van der Waals surface area (Å²) in [6, 6.07) is 1.15. The van der Waals surface area contributed by atoms with Gasteiger partial charge in [-0.25, -0.2) is 0 Å². The van der Waals surface area contributed by atoms with E-state index < -0.39 is 0 Å². The van der Waals surface area contributed by atoms with Gasteiger partial charge < -0.3 is 0 Å². The van der Waals surface area contributed by atoms with Crippen molar-refractivity contribution in [2.45, 2.75) is 59.5 Å². The van der Waals surface area contributed by atoms with E-state index in [9.17, 15) is 0 Å². The molecule has 1 unspecified atom stereocenters. The molecule has 0 bridgehead atoms. The molecule has 1 atom stereocenters. The molecule has 0 fully saturated rings. The van der Waals surface area contributed by atoms with Crippen LogP contribution in [0.4, 0.5) is 0 Å². The molecule has 0 aromatic rings. The predicted octanol–water partition coefficient (Wildman–Crippen LogP) is 3.71. The average molecular weight is 197 g/mol. The second-order valence-electron chi connectivity index (χ2n) is 5.09. The molecule has 0 saturated heterocycles. The minimum atomic E-state index is 0.553. The van der Waals surface area contributed by atoms with Crippen LogP contribution in [0.15, 0.2) is 12.2 Å². The van der Waals surface area contributed by atoms with Crippen molar-refractivity contribution in [3.63, 3.8) is 0 Å². The first-order chi connectivity index (χ1) is 6.36. The third-order valence-corrected chi connectivity index (χ3v) is 2.89. The van der Waals surface area contributed by atoms with Crippen LogP contribution in [0.25, 0.3) is 0 Å². The molecule has 0 radical (unpaired) electrons. The number of rotatable bonds is 6. The molecule has 0 aliphatic heterocycles. The van der Waals surface area contributed by atoms with Crippen molar-refractivity contribution >= 4 is 0 Å². The zero-order valence-corrected chi connectivity index (χ0v) is 10.8.